The molecule has 41 heavy (non-hydrogen) atoms. The van der Waals surface area contributed by atoms with Gasteiger partial charge in [-0.3, -0.25) is 0 Å². The van der Waals surface area contributed by atoms with E-state index in [1.807, 2.05) is 56.3 Å². The molecule has 8 heteroatoms. The maximum atomic E-state index is 11.0. The number of piperidine rings is 1. The van der Waals surface area contributed by atoms with Crippen molar-refractivity contribution >= 4 is 5.69 Å². The number of nitrogens with one attached hydrogen (secondary N) is 1. The van der Waals surface area contributed by atoms with Gasteiger partial charge >= 0.3 is 0 Å². The van der Waals surface area contributed by atoms with Crippen molar-refractivity contribution in [3.8, 4) is 23.3 Å². The number of β-amino-alcohol motifs (C(OH)–C–C–N with tert-alkyl or cyclic N) is 1. The Bertz CT molecular complexity index is 1350. The van der Waals surface area contributed by atoms with Crippen molar-refractivity contribution in [1.82, 2.24) is 5.32 Å². The lowest BCUT2D eigenvalue weighted by molar-refractivity contribution is -0.0328. The van der Waals surface area contributed by atoms with Crippen LogP contribution in [0.1, 0.15) is 40.2 Å². The molecule has 1 saturated heterocycles. The molecular formula is C33H39N3O5. The van der Waals surface area contributed by atoms with E-state index >= 15 is 0 Å². The second-order valence-corrected chi connectivity index (χ2v) is 10.8. The summed E-state index contributed by atoms with van der Waals surface area (Å²) in [6.45, 7) is 8.61. The van der Waals surface area contributed by atoms with Gasteiger partial charge in [-0.05, 0) is 78.9 Å². The summed E-state index contributed by atoms with van der Waals surface area (Å²) in [4.78, 5) is 2.35. The van der Waals surface area contributed by atoms with E-state index in [2.05, 4.69) is 28.4 Å². The van der Waals surface area contributed by atoms with Crippen LogP contribution >= 0.6 is 0 Å². The van der Waals surface area contributed by atoms with Gasteiger partial charge in [0.1, 0.15) is 23.9 Å². The Balaban J connectivity index is 1.26. The van der Waals surface area contributed by atoms with E-state index in [-0.39, 0.29) is 12.0 Å². The number of rotatable bonds is 10. The van der Waals surface area contributed by atoms with Crippen LogP contribution in [-0.2, 0) is 16.1 Å². The molecule has 0 amide bonds. The quantitative estimate of drug-likeness (QED) is 0.342. The number of ether oxygens (including phenoxy) is 4. The first-order valence-electron chi connectivity index (χ1n) is 14.3. The number of aliphatic hydroxyl groups excluding tert-OH is 1. The summed E-state index contributed by atoms with van der Waals surface area (Å²) >= 11 is 0. The minimum absolute atomic E-state index is 0.170. The fourth-order valence-electron chi connectivity index (χ4n) is 5.77. The van der Waals surface area contributed by atoms with Gasteiger partial charge in [0.15, 0.2) is 0 Å². The summed E-state index contributed by atoms with van der Waals surface area (Å²) in [6.07, 6.45) is 0.192. The Morgan fingerprint density at radius 1 is 1.05 bits per heavy atom. The summed E-state index contributed by atoms with van der Waals surface area (Å²) in [5, 5.41) is 23.6. The zero-order valence-electron chi connectivity index (χ0n) is 24.1. The maximum absolute atomic E-state index is 11.0. The Kier molecular flexibility index (Phi) is 9.42. The molecule has 3 atom stereocenters. The summed E-state index contributed by atoms with van der Waals surface area (Å²) in [6, 6.07) is 20.1. The van der Waals surface area contributed by atoms with Crippen molar-refractivity contribution in [2.45, 2.75) is 45.0 Å². The summed E-state index contributed by atoms with van der Waals surface area (Å²) in [5.41, 5.74) is 5.63. The van der Waals surface area contributed by atoms with E-state index in [1.54, 1.807) is 7.11 Å². The molecule has 0 aliphatic carbocycles. The molecule has 2 N–H and O–H groups in total. The first-order chi connectivity index (χ1) is 20.0. The highest BCUT2D eigenvalue weighted by Gasteiger charge is 2.34. The lowest BCUT2D eigenvalue weighted by Gasteiger charge is -2.36. The van der Waals surface area contributed by atoms with Crippen molar-refractivity contribution in [2.24, 2.45) is 0 Å². The molecule has 0 radical (unpaired) electrons. The summed E-state index contributed by atoms with van der Waals surface area (Å²) < 4.78 is 23.7. The zero-order valence-corrected chi connectivity index (χ0v) is 24.1. The predicted octanol–water partition coefficient (Wildman–Crippen LogP) is 4.84. The largest absolute Gasteiger partial charge is 0.490 e. The van der Waals surface area contributed by atoms with Crippen molar-refractivity contribution in [3.63, 3.8) is 0 Å². The Morgan fingerprint density at radius 2 is 1.83 bits per heavy atom. The first kappa shape index (κ1) is 28.9. The molecule has 3 aromatic carbocycles. The van der Waals surface area contributed by atoms with Crippen molar-refractivity contribution in [3.05, 3.63) is 82.4 Å². The van der Waals surface area contributed by atoms with E-state index < -0.39 is 6.10 Å². The molecule has 3 aromatic rings. The maximum Gasteiger partial charge on any atom is 0.142 e. The molecule has 216 valence electrons. The molecule has 1 fully saturated rings. The van der Waals surface area contributed by atoms with E-state index in [9.17, 15) is 10.4 Å². The van der Waals surface area contributed by atoms with Crippen LogP contribution in [0.25, 0.3) is 0 Å². The molecule has 2 aliphatic heterocycles. The van der Waals surface area contributed by atoms with E-state index in [0.29, 0.717) is 43.4 Å². The number of nitrogens with zero attached hydrogens (tertiary/aromatic N) is 2. The van der Waals surface area contributed by atoms with Gasteiger partial charge < -0.3 is 34.3 Å². The van der Waals surface area contributed by atoms with Gasteiger partial charge in [0.25, 0.3) is 0 Å². The SMILES string of the molecule is COCCCN1CCOc2ccc(COC3CNCC(O)C3c3ccc(Oc4cc(C)c(C#N)c(C)c4)cc3)cc21. The highest BCUT2D eigenvalue weighted by Crippen LogP contribution is 2.35. The first-order valence-corrected chi connectivity index (χ1v) is 14.3. The number of hydrogen-bond donors (Lipinski definition) is 2. The second kappa shape index (κ2) is 13.4. The van der Waals surface area contributed by atoms with Gasteiger partial charge in [-0.1, -0.05) is 18.2 Å². The number of nitriles is 1. The van der Waals surface area contributed by atoms with Crippen molar-refractivity contribution < 1.29 is 24.1 Å². The van der Waals surface area contributed by atoms with Crippen LogP contribution in [0.4, 0.5) is 5.69 Å². The molecule has 5 rings (SSSR count). The predicted molar refractivity (Wildman–Crippen MR) is 158 cm³/mol. The van der Waals surface area contributed by atoms with Crippen LogP contribution < -0.4 is 19.7 Å². The molecule has 0 bridgehead atoms. The topological polar surface area (TPSA) is 96.2 Å². The van der Waals surface area contributed by atoms with Gasteiger partial charge in [-0.2, -0.15) is 5.26 Å². The Labute approximate surface area is 242 Å². The summed E-state index contributed by atoms with van der Waals surface area (Å²) in [5.74, 6) is 2.13. The van der Waals surface area contributed by atoms with Gasteiger partial charge in [-0.25, -0.2) is 0 Å². The average molecular weight is 558 g/mol. The number of aliphatic hydroxyl groups is 1. The van der Waals surface area contributed by atoms with Crippen LogP contribution in [0.3, 0.4) is 0 Å². The van der Waals surface area contributed by atoms with Crippen LogP contribution in [0.2, 0.25) is 0 Å². The fourth-order valence-corrected chi connectivity index (χ4v) is 5.77. The molecule has 3 unspecified atom stereocenters. The van der Waals surface area contributed by atoms with Crippen molar-refractivity contribution in [2.75, 3.05) is 51.4 Å². The lowest BCUT2D eigenvalue weighted by atomic mass is 9.85. The molecule has 8 nitrogen and oxygen atoms in total. The third-order valence-corrected chi connectivity index (χ3v) is 7.86. The molecule has 2 heterocycles. The van der Waals surface area contributed by atoms with Gasteiger partial charge in [-0.15, -0.1) is 0 Å². The average Bonchev–Trinajstić information content (AvgIpc) is 2.97. The van der Waals surface area contributed by atoms with Gasteiger partial charge in [0, 0.05) is 39.3 Å². The smallest absolute Gasteiger partial charge is 0.142 e. The van der Waals surface area contributed by atoms with E-state index in [4.69, 9.17) is 18.9 Å². The van der Waals surface area contributed by atoms with Crippen LogP contribution in [0, 0.1) is 25.2 Å². The standard InChI is InChI=1S/C33H39N3O5/c1-22-15-27(16-23(2)28(22)18-34)41-26-8-6-25(7-9-26)33-30(37)19-35-20-32(33)40-21-24-5-10-31-29(17-24)36(12-14-39-31)11-4-13-38-3/h5-10,15-17,30,32-33,35,37H,4,11-14,19-21H2,1-3H3. The van der Waals surface area contributed by atoms with Crippen LogP contribution in [0.15, 0.2) is 54.6 Å². The normalized spacial score (nSPS) is 20.2. The third kappa shape index (κ3) is 6.83. The van der Waals surface area contributed by atoms with E-state index in [0.717, 1.165) is 59.8 Å². The number of anilines is 1. The number of hydrogen-bond acceptors (Lipinski definition) is 8. The molecule has 0 spiro atoms. The molecular weight excluding hydrogens is 518 g/mol. The zero-order chi connectivity index (χ0) is 28.8. The number of benzene rings is 3. The lowest BCUT2D eigenvalue weighted by Crippen LogP contribution is -2.49. The number of fused-ring (bicyclic) bond motifs is 1. The Hall–Kier alpha value is -3.61. The number of methoxy groups -OCH3 is 1. The monoisotopic (exact) mass is 557 g/mol. The minimum Gasteiger partial charge on any atom is -0.490 e. The molecule has 0 saturated carbocycles. The van der Waals surface area contributed by atoms with Crippen molar-refractivity contribution in [1.29, 1.82) is 5.26 Å². The molecule has 2 aliphatic rings. The highest BCUT2D eigenvalue weighted by atomic mass is 16.5. The fraction of sp³-hybridized carbons (Fsp3) is 0.424. The highest BCUT2D eigenvalue weighted by molar-refractivity contribution is 5.61. The van der Waals surface area contributed by atoms with Gasteiger partial charge in [0.05, 0.1) is 42.7 Å². The summed E-state index contributed by atoms with van der Waals surface area (Å²) in [7, 11) is 1.73. The Morgan fingerprint density at radius 3 is 2.56 bits per heavy atom. The molecule has 0 aromatic heterocycles. The van der Waals surface area contributed by atoms with Crippen LogP contribution in [0.5, 0.6) is 17.2 Å². The number of aryl methyl sites for hydroxylation is 2. The second-order valence-electron chi connectivity index (χ2n) is 10.8. The van der Waals surface area contributed by atoms with Crippen LogP contribution in [-0.4, -0.2) is 63.8 Å². The third-order valence-electron chi connectivity index (χ3n) is 7.86. The van der Waals surface area contributed by atoms with E-state index in [1.165, 1.54) is 0 Å². The minimum atomic E-state index is -0.572. The van der Waals surface area contributed by atoms with Gasteiger partial charge in [0.2, 0.25) is 0 Å².